The molecule has 0 saturated carbocycles. The lowest BCUT2D eigenvalue weighted by atomic mass is 10.2. The Labute approximate surface area is 621 Å². The van der Waals surface area contributed by atoms with Crippen LogP contribution in [0.5, 0.6) is 0 Å². The zero-order chi connectivity index (χ0) is 85.2. The SMILES string of the molecule is COC(=O)c1cccc(NS(=O)(=O)c2ccc(C(F)(F)F)cc2)c1F.O=C(O)c1cccc(NS(=O)(=O)c2ccc(C(F)(F)F)cc2)c1F.O=C(O)c1cccc([N+](=O)[O-])c1F.O=C(O)c1cccc([N+](=O)[O-])c1F.O=S(=O)(Cl)c1ccc(C(F)(F)F)cc1.O=S(=O)(Nc1cccc(CO)c1F)c1ccc(C(F)(F)F)cc1. The van der Waals surface area contributed by atoms with Gasteiger partial charge in [0, 0.05) is 28.4 Å². The molecular weight excluding hydrogens is 1660 g/mol. The minimum atomic E-state index is -4.63. The molecule has 0 fully saturated rings. The molecule has 7 N–H and O–H groups in total. The molecule has 0 aliphatic heterocycles. The molecule has 112 heavy (non-hydrogen) atoms. The van der Waals surface area contributed by atoms with Crippen LogP contribution in [0, 0.1) is 49.3 Å². The molecule has 0 saturated heterocycles. The number of carbonyl (C=O) groups excluding carboxylic acids is 1. The number of nitrogens with zero attached hydrogens (tertiary/aromatic N) is 2. The van der Waals surface area contributed by atoms with Gasteiger partial charge in [-0.05, 0) is 140 Å². The number of benzene rings is 9. The Morgan fingerprint density at radius 3 is 0.875 bits per heavy atom. The first-order valence-electron chi connectivity index (χ1n) is 28.8. The summed E-state index contributed by atoms with van der Waals surface area (Å²) in [5, 5.41) is 54.9. The zero-order valence-electron chi connectivity index (χ0n) is 54.7. The Morgan fingerprint density at radius 2 is 0.625 bits per heavy atom. The highest BCUT2D eigenvalue weighted by Gasteiger charge is 2.35. The molecule has 0 radical (unpaired) electrons. The van der Waals surface area contributed by atoms with Crippen molar-refractivity contribution in [3.8, 4) is 0 Å². The van der Waals surface area contributed by atoms with Gasteiger partial charge in [-0.3, -0.25) is 34.4 Å². The third kappa shape index (κ3) is 25.8. The van der Waals surface area contributed by atoms with E-state index in [0.717, 1.165) is 116 Å². The predicted octanol–water partition coefficient (Wildman–Crippen LogP) is 15.4. The Kier molecular flexibility index (Phi) is 31.0. The van der Waals surface area contributed by atoms with E-state index in [2.05, 4.69) is 4.74 Å². The predicted molar refractivity (Wildman–Crippen MR) is 355 cm³/mol. The second-order valence-electron chi connectivity index (χ2n) is 20.8. The van der Waals surface area contributed by atoms with Gasteiger partial charge in [-0.25, -0.2) is 66.0 Å². The number of carboxylic acid groups (broad SMARTS) is 3. The number of methoxy groups -OCH3 is 1. The summed E-state index contributed by atoms with van der Waals surface area (Å²) >= 11 is 0. The Balaban J connectivity index is 0.000000289. The summed E-state index contributed by atoms with van der Waals surface area (Å²) in [5.41, 5.74) is -9.97. The van der Waals surface area contributed by atoms with Gasteiger partial charge in [-0.1, -0.05) is 36.4 Å². The summed E-state index contributed by atoms with van der Waals surface area (Å²) in [6.07, 6.45) is -18.3. The van der Waals surface area contributed by atoms with E-state index in [1.807, 2.05) is 14.2 Å². The minimum absolute atomic E-state index is 0.113. The maximum atomic E-state index is 14.2. The topological polar surface area (TPSA) is 417 Å². The highest BCUT2D eigenvalue weighted by atomic mass is 35.7. The average molecular weight is 1700 g/mol. The summed E-state index contributed by atoms with van der Waals surface area (Å²) < 4.78 is 320. The van der Waals surface area contributed by atoms with Crippen molar-refractivity contribution in [3.05, 3.63) is 287 Å². The largest absolute Gasteiger partial charge is 0.478 e. The average Bonchev–Trinajstić information content (AvgIpc) is 0.808. The Bertz CT molecular complexity index is 5300. The van der Waals surface area contributed by atoms with Crippen molar-refractivity contribution >= 4 is 102 Å². The quantitative estimate of drug-likeness (QED) is 0.0146. The van der Waals surface area contributed by atoms with Gasteiger partial charge in [-0.2, -0.15) is 61.5 Å². The fourth-order valence-corrected chi connectivity index (χ4v) is 11.9. The van der Waals surface area contributed by atoms with E-state index in [1.165, 1.54) is 18.2 Å². The molecule has 0 bridgehead atoms. The van der Waals surface area contributed by atoms with Gasteiger partial charge < -0.3 is 25.2 Å². The second kappa shape index (κ2) is 37.6. The number of nitro groups is 2. The van der Waals surface area contributed by atoms with Crippen LogP contribution in [0.1, 0.15) is 69.2 Å². The van der Waals surface area contributed by atoms with E-state index < -0.39 is 221 Å². The van der Waals surface area contributed by atoms with Crippen molar-refractivity contribution in [2.75, 3.05) is 21.3 Å². The van der Waals surface area contributed by atoms with Crippen LogP contribution in [-0.4, -0.2) is 94.9 Å². The normalized spacial score (nSPS) is 11.6. The van der Waals surface area contributed by atoms with Gasteiger partial charge in [-0.15, -0.1) is 0 Å². The maximum Gasteiger partial charge on any atom is 0.416 e. The van der Waals surface area contributed by atoms with Crippen molar-refractivity contribution in [1.82, 2.24) is 0 Å². The van der Waals surface area contributed by atoms with E-state index in [9.17, 15) is 148 Å². The summed E-state index contributed by atoms with van der Waals surface area (Å²) in [6, 6.07) is 27.1. The number of aromatic carboxylic acids is 3. The van der Waals surface area contributed by atoms with E-state index in [0.29, 0.717) is 60.7 Å². The highest BCUT2D eigenvalue weighted by molar-refractivity contribution is 8.13. The fourth-order valence-electron chi connectivity index (χ4n) is 7.97. The molecule has 0 atom stereocenters. The van der Waals surface area contributed by atoms with Crippen LogP contribution in [0.2, 0.25) is 0 Å². The number of ether oxygens (including phenoxy) is 1. The molecule has 0 amide bonds. The van der Waals surface area contributed by atoms with E-state index in [-0.39, 0.29) is 10.5 Å². The van der Waals surface area contributed by atoms with Crippen LogP contribution in [0.4, 0.5) is 103 Å². The molecule has 26 nitrogen and oxygen atoms in total. The van der Waals surface area contributed by atoms with Gasteiger partial charge in [0.2, 0.25) is 11.6 Å². The Morgan fingerprint density at radius 1 is 0.384 bits per heavy atom. The number of rotatable bonds is 17. The number of carbonyl (C=O) groups is 4. The number of esters is 1. The molecule has 0 aliphatic carbocycles. The lowest BCUT2D eigenvalue weighted by molar-refractivity contribution is -0.387. The standard InChI is InChI=1S/C15H11F4NO4S.C14H9F4NO4S.C14H11F4NO3S.C7H4ClF3O2S.2C7H4FNO4/c1-24-14(21)11-3-2-4-12(13(11)16)20-25(22,23)10-7-5-9(6-8-10)15(17,18)19;15-12-10(13(20)21)2-1-3-11(12)19-24(22,23)9-6-4-8(5-7-9)14(16,17)18;15-13-9(8-20)2-1-3-12(13)19-23(21,22)11-6-4-10(5-7-11)14(16,17)18;8-14(12,13)6-3-1-5(2-4-6)7(9,10)11;2*8-6-4(7(10)11)2-1-3-5(6)9(12)13/h2-8,20H,1H3;1-7,19H,(H,20,21);1-7,19-20H,8H2;1-4H;2*1-3H,(H,10,11). The lowest BCUT2D eigenvalue weighted by Gasteiger charge is -2.12. The number of hydrogen-bond donors (Lipinski definition) is 7. The van der Waals surface area contributed by atoms with Gasteiger partial charge in [0.15, 0.2) is 17.5 Å². The summed E-state index contributed by atoms with van der Waals surface area (Å²) in [5.74, 6) is -11.7. The molecule has 600 valence electrons. The molecule has 9 aromatic rings. The van der Waals surface area contributed by atoms with E-state index in [1.54, 1.807) is 0 Å². The first kappa shape index (κ1) is 92.3. The van der Waals surface area contributed by atoms with Crippen molar-refractivity contribution in [2.24, 2.45) is 0 Å². The maximum absolute atomic E-state index is 14.2. The smallest absolute Gasteiger partial charge is 0.416 e. The van der Waals surface area contributed by atoms with Crippen LogP contribution >= 0.6 is 10.7 Å². The van der Waals surface area contributed by atoms with Crippen LogP contribution in [0.3, 0.4) is 0 Å². The molecule has 0 aliphatic rings. The van der Waals surface area contributed by atoms with Crippen LogP contribution < -0.4 is 14.2 Å². The third-order valence-corrected chi connectivity index (χ3v) is 18.9. The van der Waals surface area contributed by atoms with Crippen LogP contribution in [0.15, 0.2) is 208 Å². The van der Waals surface area contributed by atoms with Crippen molar-refractivity contribution < 1.29 is 162 Å². The number of halogens is 18. The zero-order valence-corrected chi connectivity index (χ0v) is 58.7. The molecule has 48 heteroatoms. The highest BCUT2D eigenvalue weighted by Crippen LogP contribution is 2.35. The number of carboxylic acids is 3. The van der Waals surface area contributed by atoms with E-state index >= 15 is 0 Å². The number of aliphatic hydroxyl groups is 1. The second-order valence-corrected chi connectivity index (χ2v) is 28.4. The third-order valence-electron chi connectivity index (χ3n) is 13.4. The van der Waals surface area contributed by atoms with E-state index in [4.69, 9.17) is 31.1 Å². The molecule has 0 aromatic heterocycles. The first-order valence-corrected chi connectivity index (χ1v) is 35.6. The first-order chi connectivity index (χ1) is 51.5. The molecule has 0 heterocycles. The number of sulfonamides is 3. The molecule has 9 rings (SSSR count). The number of hydrogen-bond acceptors (Lipinski definition) is 18. The van der Waals surface area contributed by atoms with Crippen LogP contribution in [-0.2, 0) is 75.2 Å². The minimum Gasteiger partial charge on any atom is -0.478 e. The molecule has 0 spiro atoms. The Hall–Kier alpha value is -12.1. The summed E-state index contributed by atoms with van der Waals surface area (Å²) in [7, 11) is -11.0. The van der Waals surface area contributed by atoms with Gasteiger partial charge in [0.1, 0.15) is 11.1 Å². The number of nitro benzene ring substituents is 2. The van der Waals surface area contributed by atoms with Crippen molar-refractivity contribution in [2.45, 2.75) is 50.9 Å². The molecule has 0 unspecified atom stereocenters. The van der Waals surface area contributed by atoms with Crippen LogP contribution in [0.25, 0.3) is 0 Å². The fraction of sp³-hybridized carbons (Fsp3) is 0.0938. The van der Waals surface area contributed by atoms with Gasteiger partial charge in [0.25, 0.3) is 39.1 Å². The van der Waals surface area contributed by atoms with Gasteiger partial charge in [0.05, 0.1) is 93.6 Å². The molecular formula is C64H43ClF17N5O21S4. The van der Waals surface area contributed by atoms with Gasteiger partial charge >= 0.3 is 60.0 Å². The molecule has 9 aromatic carbocycles. The number of anilines is 3. The lowest BCUT2D eigenvalue weighted by Crippen LogP contribution is -2.16. The number of alkyl halides is 12. The number of aliphatic hydroxyl groups excluding tert-OH is 1. The summed E-state index contributed by atoms with van der Waals surface area (Å²) in [6.45, 7) is -0.623. The summed E-state index contributed by atoms with van der Waals surface area (Å²) in [4.78, 5) is 59.5. The van der Waals surface area contributed by atoms with Crippen molar-refractivity contribution in [1.29, 1.82) is 0 Å². The van der Waals surface area contributed by atoms with Crippen molar-refractivity contribution in [3.63, 3.8) is 0 Å². The monoisotopic (exact) mass is 1700 g/mol. The number of nitrogens with one attached hydrogen (secondary N) is 3.